The second kappa shape index (κ2) is 5.31. The summed E-state index contributed by atoms with van der Waals surface area (Å²) in [5.41, 5.74) is -0.121. The van der Waals surface area contributed by atoms with Crippen LogP contribution in [0, 0.1) is 40.9 Å². The van der Waals surface area contributed by atoms with Crippen LogP contribution in [0.1, 0.15) is 78.6 Å². The zero-order chi connectivity index (χ0) is 16.4. The molecule has 0 spiro atoms. The molecular weight excluding hydrogens is 284 g/mol. The van der Waals surface area contributed by atoms with Gasteiger partial charge in [0.05, 0.1) is 5.60 Å². The van der Waals surface area contributed by atoms with Gasteiger partial charge in [-0.3, -0.25) is 4.79 Å². The standard InChI is InChI=1S/C21H34O2/c1-13(22)18-6-7-19-17-5-4-14-12-20(2,23)10-8-15(14)16(17)9-11-21(18,19)3/h14-19,23H,4-12H2,1-3H3/t14?,15?,16-,17?,18-,19?,20+,21-/m1/s1. The maximum absolute atomic E-state index is 12.1. The topological polar surface area (TPSA) is 37.3 Å². The summed E-state index contributed by atoms with van der Waals surface area (Å²) < 4.78 is 0. The maximum atomic E-state index is 12.1. The molecule has 0 radical (unpaired) electrons. The minimum atomic E-state index is -0.412. The van der Waals surface area contributed by atoms with E-state index in [-0.39, 0.29) is 0 Å². The van der Waals surface area contributed by atoms with Crippen LogP contribution in [0.3, 0.4) is 0 Å². The minimum absolute atomic E-state index is 0.292. The molecule has 130 valence electrons. The van der Waals surface area contributed by atoms with E-state index in [9.17, 15) is 9.90 Å². The molecule has 4 fully saturated rings. The average Bonchev–Trinajstić information content (AvgIpc) is 2.83. The molecule has 0 heterocycles. The van der Waals surface area contributed by atoms with Crippen molar-refractivity contribution in [3.05, 3.63) is 0 Å². The predicted molar refractivity (Wildman–Crippen MR) is 91.9 cm³/mol. The molecule has 0 aromatic carbocycles. The highest BCUT2D eigenvalue weighted by molar-refractivity contribution is 5.79. The smallest absolute Gasteiger partial charge is 0.133 e. The summed E-state index contributed by atoms with van der Waals surface area (Å²) in [6.07, 6.45) is 11.0. The number of carbonyl (C=O) groups is 1. The summed E-state index contributed by atoms with van der Waals surface area (Å²) >= 11 is 0. The van der Waals surface area contributed by atoms with Crippen molar-refractivity contribution >= 4 is 5.78 Å². The van der Waals surface area contributed by atoms with Crippen molar-refractivity contribution in [3.63, 3.8) is 0 Å². The summed E-state index contributed by atoms with van der Waals surface area (Å²) in [5, 5.41) is 10.5. The summed E-state index contributed by atoms with van der Waals surface area (Å²) in [5.74, 6) is 4.92. The Labute approximate surface area is 141 Å². The number of ketones is 1. The first-order valence-corrected chi connectivity index (χ1v) is 10.0. The summed E-state index contributed by atoms with van der Waals surface area (Å²) in [7, 11) is 0. The summed E-state index contributed by atoms with van der Waals surface area (Å²) in [6.45, 7) is 6.30. The quantitative estimate of drug-likeness (QED) is 0.767. The molecule has 2 nitrogen and oxygen atoms in total. The third-order valence-electron chi connectivity index (χ3n) is 8.73. The van der Waals surface area contributed by atoms with Crippen LogP contribution >= 0.6 is 0 Å². The van der Waals surface area contributed by atoms with Crippen molar-refractivity contribution in [1.82, 2.24) is 0 Å². The number of aliphatic hydroxyl groups is 1. The molecule has 8 atom stereocenters. The van der Waals surface area contributed by atoms with Gasteiger partial charge in [0.1, 0.15) is 5.78 Å². The lowest BCUT2D eigenvalue weighted by molar-refractivity contribution is -0.130. The van der Waals surface area contributed by atoms with Gasteiger partial charge in [-0.25, -0.2) is 0 Å². The van der Waals surface area contributed by atoms with Gasteiger partial charge in [-0.05, 0) is 107 Å². The fourth-order valence-corrected chi connectivity index (χ4v) is 7.75. The predicted octanol–water partition coefficient (Wildman–Crippen LogP) is 4.60. The summed E-state index contributed by atoms with van der Waals surface area (Å²) in [4.78, 5) is 12.1. The molecule has 2 heteroatoms. The SMILES string of the molecule is CC(=O)[C@H]1CCC2C3CCC4C[C@@](C)(O)CCC4[C@H]3CC[C@@]21C. The normalized spacial score (nSPS) is 55.7. The van der Waals surface area contributed by atoms with Gasteiger partial charge in [-0.1, -0.05) is 6.92 Å². The molecule has 1 N–H and O–H groups in total. The van der Waals surface area contributed by atoms with Gasteiger partial charge in [0, 0.05) is 5.92 Å². The van der Waals surface area contributed by atoms with Crippen LogP contribution in [-0.4, -0.2) is 16.5 Å². The number of carbonyl (C=O) groups excluding carboxylic acids is 1. The number of hydrogen-bond acceptors (Lipinski definition) is 2. The van der Waals surface area contributed by atoms with Gasteiger partial charge in [0.15, 0.2) is 0 Å². The van der Waals surface area contributed by atoms with E-state index >= 15 is 0 Å². The molecular formula is C21H34O2. The van der Waals surface area contributed by atoms with Crippen LogP contribution in [0.4, 0.5) is 0 Å². The Bertz CT molecular complexity index is 496. The van der Waals surface area contributed by atoms with E-state index in [4.69, 9.17) is 0 Å². The van der Waals surface area contributed by atoms with Gasteiger partial charge in [0.2, 0.25) is 0 Å². The third kappa shape index (κ3) is 2.42. The van der Waals surface area contributed by atoms with Crippen LogP contribution < -0.4 is 0 Å². The van der Waals surface area contributed by atoms with Crippen molar-refractivity contribution in [2.45, 2.75) is 84.2 Å². The van der Waals surface area contributed by atoms with E-state index < -0.39 is 5.60 Å². The molecule has 0 aliphatic heterocycles. The minimum Gasteiger partial charge on any atom is -0.390 e. The molecule has 0 aromatic rings. The molecule has 23 heavy (non-hydrogen) atoms. The van der Waals surface area contributed by atoms with Gasteiger partial charge >= 0.3 is 0 Å². The van der Waals surface area contributed by atoms with Crippen molar-refractivity contribution < 1.29 is 9.90 Å². The number of hydrogen-bond donors (Lipinski definition) is 1. The van der Waals surface area contributed by atoms with E-state index in [1.54, 1.807) is 0 Å². The van der Waals surface area contributed by atoms with E-state index in [1.807, 2.05) is 13.8 Å². The number of Topliss-reactive ketones (excluding diaryl/α,β-unsaturated/α-hetero) is 1. The fourth-order valence-electron chi connectivity index (χ4n) is 7.75. The highest BCUT2D eigenvalue weighted by Gasteiger charge is 2.58. The number of rotatable bonds is 1. The van der Waals surface area contributed by atoms with Crippen LogP contribution in [0.5, 0.6) is 0 Å². The molecule has 0 saturated heterocycles. The largest absolute Gasteiger partial charge is 0.390 e. The Morgan fingerprint density at radius 3 is 2.39 bits per heavy atom. The Morgan fingerprint density at radius 1 is 0.913 bits per heavy atom. The highest BCUT2D eigenvalue weighted by atomic mass is 16.3. The van der Waals surface area contributed by atoms with E-state index in [2.05, 4.69) is 6.92 Å². The zero-order valence-corrected chi connectivity index (χ0v) is 15.2. The molecule has 4 saturated carbocycles. The van der Waals surface area contributed by atoms with Crippen LogP contribution in [-0.2, 0) is 4.79 Å². The van der Waals surface area contributed by atoms with Gasteiger partial charge in [-0.15, -0.1) is 0 Å². The van der Waals surface area contributed by atoms with Crippen LogP contribution in [0.2, 0.25) is 0 Å². The lowest BCUT2D eigenvalue weighted by Crippen LogP contribution is -2.50. The highest BCUT2D eigenvalue weighted by Crippen LogP contribution is 2.64. The summed E-state index contributed by atoms with van der Waals surface area (Å²) in [6, 6.07) is 0. The van der Waals surface area contributed by atoms with Crippen molar-refractivity contribution in [2.75, 3.05) is 0 Å². The third-order valence-corrected chi connectivity index (χ3v) is 8.73. The van der Waals surface area contributed by atoms with Gasteiger partial charge < -0.3 is 5.11 Å². The van der Waals surface area contributed by atoms with Crippen molar-refractivity contribution in [3.8, 4) is 0 Å². The van der Waals surface area contributed by atoms with E-state index in [0.29, 0.717) is 17.1 Å². The molecule has 0 aromatic heterocycles. The Hall–Kier alpha value is -0.370. The van der Waals surface area contributed by atoms with Crippen LogP contribution in [0.25, 0.3) is 0 Å². The second-order valence-corrected chi connectivity index (χ2v) is 9.96. The Morgan fingerprint density at radius 2 is 1.65 bits per heavy atom. The van der Waals surface area contributed by atoms with Crippen molar-refractivity contribution in [1.29, 1.82) is 0 Å². The van der Waals surface area contributed by atoms with Gasteiger partial charge in [0.25, 0.3) is 0 Å². The lowest BCUT2D eigenvalue weighted by atomic mass is 9.49. The second-order valence-electron chi connectivity index (χ2n) is 9.96. The molecule has 0 bridgehead atoms. The first-order valence-electron chi connectivity index (χ1n) is 10.0. The number of fused-ring (bicyclic) bond motifs is 5. The van der Waals surface area contributed by atoms with Crippen molar-refractivity contribution in [2.24, 2.45) is 40.9 Å². The Kier molecular flexibility index (Phi) is 3.72. The molecule has 4 aliphatic carbocycles. The molecule has 0 amide bonds. The van der Waals surface area contributed by atoms with E-state index in [1.165, 1.54) is 38.5 Å². The van der Waals surface area contributed by atoms with Gasteiger partial charge in [-0.2, -0.15) is 0 Å². The molecule has 4 unspecified atom stereocenters. The lowest BCUT2D eigenvalue weighted by Gasteiger charge is -2.56. The van der Waals surface area contributed by atoms with Crippen LogP contribution in [0.15, 0.2) is 0 Å². The fraction of sp³-hybridized carbons (Fsp3) is 0.952. The van der Waals surface area contributed by atoms with E-state index in [0.717, 1.165) is 48.9 Å². The monoisotopic (exact) mass is 318 g/mol. The first kappa shape index (κ1) is 16.1. The molecule has 4 aliphatic rings. The first-order chi connectivity index (χ1) is 10.8. The Balaban J connectivity index is 1.56. The average molecular weight is 319 g/mol. The maximum Gasteiger partial charge on any atom is 0.133 e. The zero-order valence-electron chi connectivity index (χ0n) is 15.2. The molecule has 4 rings (SSSR count).